The molecule has 3 aliphatic carbocycles. The van der Waals surface area contributed by atoms with Crippen molar-refractivity contribution >= 4 is 19.1 Å². The van der Waals surface area contributed by atoms with Crippen molar-refractivity contribution in [2.24, 2.45) is 23.2 Å². The minimum Gasteiger partial charge on any atom is -0.445 e. The predicted octanol–water partition coefficient (Wildman–Crippen LogP) is 3.15. The Labute approximate surface area is 220 Å². The number of hydrogen-bond donors (Lipinski definition) is 2. The molecule has 2 amide bonds. The van der Waals surface area contributed by atoms with Gasteiger partial charge in [-0.1, -0.05) is 44.2 Å². The van der Waals surface area contributed by atoms with Gasteiger partial charge in [0.15, 0.2) is 0 Å². The molecule has 7 rings (SSSR count). The van der Waals surface area contributed by atoms with Gasteiger partial charge in [-0.2, -0.15) is 0 Å². The van der Waals surface area contributed by atoms with Crippen molar-refractivity contribution in [1.29, 1.82) is 0 Å². The van der Waals surface area contributed by atoms with Gasteiger partial charge < -0.3 is 29.6 Å². The monoisotopic (exact) mass is 509 g/mol. The van der Waals surface area contributed by atoms with Crippen molar-refractivity contribution in [3.8, 4) is 0 Å². The van der Waals surface area contributed by atoms with Crippen LogP contribution in [0.5, 0.6) is 0 Å². The van der Waals surface area contributed by atoms with E-state index in [1.54, 1.807) is 0 Å². The maximum absolute atomic E-state index is 13.9. The van der Waals surface area contributed by atoms with Crippen LogP contribution in [0.4, 0.5) is 4.79 Å². The molecule has 6 aliphatic rings. The van der Waals surface area contributed by atoms with Crippen LogP contribution in [0.15, 0.2) is 30.3 Å². The van der Waals surface area contributed by atoms with Crippen LogP contribution < -0.4 is 10.6 Å². The Bertz CT molecular complexity index is 1020. The second kappa shape index (κ2) is 9.58. The lowest BCUT2D eigenvalue weighted by Crippen LogP contribution is -2.65. The Hall–Kier alpha value is -2.10. The maximum atomic E-state index is 13.9. The fourth-order valence-electron chi connectivity index (χ4n) is 7.83. The molecule has 0 radical (unpaired) electrons. The van der Waals surface area contributed by atoms with Gasteiger partial charge >= 0.3 is 13.2 Å². The molecule has 6 fully saturated rings. The van der Waals surface area contributed by atoms with Gasteiger partial charge in [-0.05, 0) is 68.4 Å². The van der Waals surface area contributed by atoms with E-state index in [1.165, 1.54) is 6.42 Å². The standard InChI is InChI=1S/C28H40BN3O5/c1-27(2)19-14-22(27)28(3)23(15-19)36-29(37-28)24-10-7-13-32(24)25(33)20-16-30-12-11-21(20)31-26(34)35-17-18-8-5-4-6-9-18/h4-6,8-9,19-24,30H,7,10-17H2,1-3H3,(H,31,34)/t19-,20+,21+,22-,23+,24-,28-/m0/s1. The van der Waals surface area contributed by atoms with E-state index in [4.69, 9.17) is 14.0 Å². The number of benzene rings is 1. The molecule has 9 heteroatoms. The summed E-state index contributed by atoms with van der Waals surface area (Å²) in [5.41, 5.74) is 0.942. The Morgan fingerprint density at radius 3 is 2.78 bits per heavy atom. The number of hydrogen-bond acceptors (Lipinski definition) is 6. The lowest BCUT2D eigenvalue weighted by molar-refractivity contribution is -0.199. The van der Waals surface area contributed by atoms with E-state index in [2.05, 4.69) is 31.4 Å². The van der Waals surface area contributed by atoms with Gasteiger partial charge in [-0.3, -0.25) is 4.79 Å². The summed E-state index contributed by atoms with van der Waals surface area (Å²) in [6.07, 6.45) is 4.39. The highest BCUT2D eigenvalue weighted by atomic mass is 16.7. The van der Waals surface area contributed by atoms with E-state index in [-0.39, 0.29) is 54.7 Å². The highest BCUT2D eigenvalue weighted by molar-refractivity contribution is 6.48. The summed E-state index contributed by atoms with van der Waals surface area (Å²) in [5, 5.41) is 6.33. The van der Waals surface area contributed by atoms with E-state index in [0.29, 0.717) is 31.3 Å². The van der Waals surface area contributed by atoms with Crippen LogP contribution in [0.25, 0.3) is 0 Å². The molecule has 8 nitrogen and oxygen atoms in total. The fourth-order valence-corrected chi connectivity index (χ4v) is 7.83. The van der Waals surface area contributed by atoms with Gasteiger partial charge in [0, 0.05) is 19.1 Å². The highest BCUT2D eigenvalue weighted by Gasteiger charge is 2.69. The molecule has 37 heavy (non-hydrogen) atoms. The molecule has 0 spiro atoms. The fraction of sp³-hybridized carbons (Fsp3) is 0.714. The third-order valence-electron chi connectivity index (χ3n) is 10.2. The minimum absolute atomic E-state index is 0.0694. The maximum Gasteiger partial charge on any atom is 0.481 e. The largest absolute Gasteiger partial charge is 0.481 e. The third kappa shape index (κ3) is 4.37. The van der Waals surface area contributed by atoms with Crippen LogP contribution >= 0.6 is 0 Å². The summed E-state index contributed by atoms with van der Waals surface area (Å²) in [4.78, 5) is 28.5. The van der Waals surface area contributed by atoms with Crippen LogP contribution in [0.2, 0.25) is 0 Å². The Kier molecular flexibility index (Phi) is 6.52. The van der Waals surface area contributed by atoms with E-state index in [9.17, 15) is 9.59 Å². The molecule has 2 bridgehead atoms. The first kappa shape index (κ1) is 25.2. The molecular formula is C28H40BN3O5. The second-order valence-corrected chi connectivity index (χ2v) is 12.5. The number of carbonyl (C=O) groups excluding carboxylic acids is 2. The Morgan fingerprint density at radius 1 is 1.19 bits per heavy atom. The molecule has 3 saturated heterocycles. The van der Waals surface area contributed by atoms with Gasteiger partial charge in [0.05, 0.1) is 23.6 Å². The number of amides is 2. The second-order valence-electron chi connectivity index (χ2n) is 12.5. The molecule has 3 saturated carbocycles. The Morgan fingerprint density at radius 2 is 2.00 bits per heavy atom. The normalized spacial score (nSPS) is 38.0. The molecule has 1 aromatic rings. The van der Waals surface area contributed by atoms with Gasteiger partial charge in [-0.25, -0.2) is 4.79 Å². The van der Waals surface area contributed by atoms with Crippen molar-refractivity contribution in [3.63, 3.8) is 0 Å². The molecular weight excluding hydrogens is 469 g/mol. The number of nitrogens with zero attached hydrogens (tertiary/aromatic N) is 1. The van der Waals surface area contributed by atoms with Gasteiger partial charge in [0.25, 0.3) is 0 Å². The van der Waals surface area contributed by atoms with Crippen LogP contribution in [-0.2, 0) is 25.4 Å². The molecule has 3 heterocycles. The zero-order valence-corrected chi connectivity index (χ0v) is 22.3. The van der Waals surface area contributed by atoms with E-state index in [1.807, 2.05) is 35.2 Å². The average Bonchev–Trinajstić information content (AvgIpc) is 3.52. The lowest BCUT2D eigenvalue weighted by atomic mass is 9.43. The van der Waals surface area contributed by atoms with Crippen LogP contribution in [-0.4, -0.2) is 67.3 Å². The molecule has 3 aliphatic heterocycles. The highest BCUT2D eigenvalue weighted by Crippen LogP contribution is 2.66. The van der Waals surface area contributed by atoms with Crippen molar-refractivity contribution in [1.82, 2.24) is 15.5 Å². The first-order valence-corrected chi connectivity index (χ1v) is 14.1. The van der Waals surface area contributed by atoms with E-state index < -0.39 is 6.09 Å². The number of rotatable bonds is 5. The van der Waals surface area contributed by atoms with Gasteiger partial charge in [0.2, 0.25) is 5.91 Å². The smallest absolute Gasteiger partial charge is 0.445 e. The van der Waals surface area contributed by atoms with Crippen molar-refractivity contribution in [2.75, 3.05) is 19.6 Å². The summed E-state index contributed by atoms with van der Waals surface area (Å²) >= 11 is 0. The first-order valence-electron chi connectivity index (χ1n) is 14.1. The minimum atomic E-state index is -0.479. The van der Waals surface area contributed by atoms with Crippen molar-refractivity contribution in [2.45, 2.75) is 83.2 Å². The van der Waals surface area contributed by atoms with Gasteiger partial charge in [-0.15, -0.1) is 0 Å². The molecule has 0 unspecified atom stereocenters. The number of piperidine rings is 1. The number of alkyl carbamates (subject to hydrolysis) is 1. The zero-order chi connectivity index (χ0) is 25.8. The summed E-state index contributed by atoms with van der Waals surface area (Å²) in [5.74, 6) is 0.839. The van der Waals surface area contributed by atoms with E-state index in [0.717, 1.165) is 31.4 Å². The quantitative estimate of drug-likeness (QED) is 0.593. The topological polar surface area (TPSA) is 89.1 Å². The number of likely N-dealkylation sites (tertiary alicyclic amines) is 1. The zero-order valence-electron chi connectivity index (χ0n) is 22.3. The summed E-state index contributed by atoms with van der Waals surface area (Å²) in [6.45, 7) is 9.16. The predicted molar refractivity (Wildman–Crippen MR) is 139 cm³/mol. The molecule has 0 aromatic heterocycles. The number of carbonyl (C=O) groups is 2. The molecule has 1 aromatic carbocycles. The van der Waals surface area contributed by atoms with Crippen LogP contribution in [0.3, 0.4) is 0 Å². The van der Waals surface area contributed by atoms with Crippen molar-refractivity contribution < 1.29 is 23.6 Å². The summed E-state index contributed by atoms with van der Waals surface area (Å²) in [7, 11) is -0.379. The average molecular weight is 509 g/mol. The number of ether oxygens (including phenoxy) is 1. The summed E-state index contributed by atoms with van der Waals surface area (Å²) in [6, 6.07) is 9.34. The molecule has 7 atom stereocenters. The van der Waals surface area contributed by atoms with Crippen LogP contribution in [0, 0.1) is 23.2 Å². The third-order valence-corrected chi connectivity index (χ3v) is 10.2. The van der Waals surface area contributed by atoms with Gasteiger partial charge in [0.1, 0.15) is 6.61 Å². The number of nitrogens with one attached hydrogen (secondary N) is 2. The lowest BCUT2D eigenvalue weighted by Gasteiger charge is -2.64. The summed E-state index contributed by atoms with van der Waals surface area (Å²) < 4.78 is 18.7. The molecule has 200 valence electrons. The SMILES string of the molecule is CC1(C)[C@@H]2C[C@H]3OB([C@@H]4CCCN4C(=O)[C@@H]4CNCC[C@H]4NC(=O)OCc4ccccc4)O[C@@]3(C)[C@H]1C2. The van der Waals surface area contributed by atoms with Crippen molar-refractivity contribution in [3.05, 3.63) is 35.9 Å². The first-order chi connectivity index (χ1) is 17.8. The molecule has 2 N–H and O–H groups in total. The van der Waals surface area contributed by atoms with Crippen LogP contribution in [0.1, 0.15) is 58.4 Å². The van der Waals surface area contributed by atoms with E-state index >= 15 is 0 Å². The Balaban J connectivity index is 1.10.